The van der Waals surface area contributed by atoms with Crippen molar-refractivity contribution >= 4 is 34.0 Å². The Morgan fingerprint density at radius 3 is 1.79 bits per heavy atom. The Kier molecular flexibility index (Phi) is 8.97. The maximum absolute atomic E-state index is 6.78. The third-order valence-corrected chi connectivity index (χ3v) is 20.8. The SMILES string of the molecule is CO[Si](CC[Si](C)(C)O[Si](C)(C)O[Si](C)(C)CCC1CCC2OC2C1)(OC)OC. The van der Waals surface area contributed by atoms with E-state index >= 15 is 0 Å². The first-order valence-corrected chi connectivity index (χ1v) is 22.0. The molecule has 2 rings (SSSR count). The van der Waals surface area contributed by atoms with E-state index in [0.717, 1.165) is 18.0 Å². The Balaban J connectivity index is 1.82. The molecule has 29 heavy (non-hydrogen) atoms. The lowest BCUT2D eigenvalue weighted by atomic mass is 9.88. The molecule has 3 unspecified atom stereocenters. The molecule has 1 heterocycles. The highest BCUT2D eigenvalue weighted by molar-refractivity contribution is 6.88. The number of rotatable bonds is 13. The van der Waals surface area contributed by atoms with E-state index in [4.69, 9.17) is 26.2 Å². The average molecular weight is 481 g/mol. The first-order valence-electron chi connectivity index (χ1n) is 11.1. The molecule has 0 aromatic heterocycles. The molecule has 0 amide bonds. The molecule has 10 heteroatoms. The molecule has 0 radical (unpaired) electrons. The Morgan fingerprint density at radius 1 is 0.724 bits per heavy atom. The Bertz CT molecular complexity index is 519. The molecule has 1 saturated heterocycles. The van der Waals surface area contributed by atoms with E-state index in [1.807, 2.05) is 0 Å². The normalized spacial score (nSPS) is 25.8. The van der Waals surface area contributed by atoms with Gasteiger partial charge in [0.2, 0.25) is 0 Å². The van der Waals surface area contributed by atoms with Crippen LogP contribution in [0.25, 0.3) is 0 Å². The van der Waals surface area contributed by atoms with Crippen LogP contribution in [0.3, 0.4) is 0 Å². The molecule has 1 aliphatic heterocycles. The van der Waals surface area contributed by atoms with Gasteiger partial charge in [-0.15, -0.1) is 0 Å². The summed E-state index contributed by atoms with van der Waals surface area (Å²) in [5.41, 5.74) is 0. The van der Waals surface area contributed by atoms with Crippen molar-refractivity contribution in [3.8, 4) is 0 Å². The van der Waals surface area contributed by atoms with Crippen molar-refractivity contribution in [3.05, 3.63) is 0 Å². The lowest BCUT2D eigenvalue weighted by Crippen LogP contribution is -2.53. The predicted molar refractivity (Wildman–Crippen MR) is 126 cm³/mol. The second-order valence-corrected chi connectivity index (χ2v) is 25.9. The van der Waals surface area contributed by atoms with E-state index in [1.54, 1.807) is 21.3 Å². The van der Waals surface area contributed by atoms with E-state index in [0.29, 0.717) is 12.2 Å². The highest BCUT2D eigenvalue weighted by Gasteiger charge is 2.46. The van der Waals surface area contributed by atoms with Crippen LogP contribution in [0.5, 0.6) is 0 Å². The van der Waals surface area contributed by atoms with Crippen LogP contribution in [0, 0.1) is 5.92 Å². The molecule has 6 nitrogen and oxygen atoms in total. The van der Waals surface area contributed by atoms with Crippen LogP contribution in [0.4, 0.5) is 0 Å². The molecule has 0 aromatic carbocycles. The summed E-state index contributed by atoms with van der Waals surface area (Å²) in [6.45, 7) is 13.7. The molecule has 172 valence electrons. The van der Waals surface area contributed by atoms with Crippen LogP contribution in [-0.2, 0) is 26.2 Å². The van der Waals surface area contributed by atoms with Crippen LogP contribution in [0.1, 0.15) is 25.7 Å². The number of hydrogen-bond acceptors (Lipinski definition) is 6. The summed E-state index contributed by atoms with van der Waals surface area (Å²) < 4.78 is 35.9. The first kappa shape index (κ1) is 25.9. The van der Waals surface area contributed by atoms with Crippen LogP contribution in [0.15, 0.2) is 0 Å². The minimum Gasteiger partial charge on any atom is -0.437 e. The van der Waals surface area contributed by atoms with Crippen LogP contribution in [0.2, 0.25) is 57.4 Å². The molecule has 0 N–H and O–H groups in total. The number of hydrogen-bond donors (Lipinski definition) is 0. The maximum atomic E-state index is 6.78. The second kappa shape index (κ2) is 10.1. The van der Waals surface area contributed by atoms with Crippen LogP contribution in [-0.4, -0.2) is 67.5 Å². The lowest BCUT2D eigenvalue weighted by molar-refractivity contribution is 0.125. The number of ether oxygens (including phenoxy) is 1. The highest BCUT2D eigenvalue weighted by Crippen LogP contribution is 2.42. The quantitative estimate of drug-likeness (QED) is 0.274. The molecule has 1 saturated carbocycles. The highest BCUT2D eigenvalue weighted by atomic mass is 28.5. The standard InChI is InChI=1S/C19H44O6Si4/c1-20-29(21-2,22-3)15-14-27(6,7)25-28(8,9)24-26(4,5)13-12-17-10-11-18-19(16-17)23-18/h17-19H,10-16H2,1-9H3. The van der Waals surface area contributed by atoms with Crippen LogP contribution < -0.4 is 0 Å². The monoisotopic (exact) mass is 480 g/mol. The average Bonchev–Trinajstić information content (AvgIpc) is 3.38. The largest absolute Gasteiger partial charge is 0.499 e. The van der Waals surface area contributed by atoms with Gasteiger partial charge in [-0.05, 0) is 76.6 Å². The summed E-state index contributed by atoms with van der Waals surface area (Å²) in [5.74, 6) is 0.820. The summed E-state index contributed by atoms with van der Waals surface area (Å²) in [7, 11) is -3.42. The van der Waals surface area contributed by atoms with Crippen molar-refractivity contribution in [1.82, 2.24) is 0 Å². The summed E-state index contributed by atoms with van der Waals surface area (Å²) in [6.07, 6.45) is 6.29. The topological polar surface area (TPSA) is 58.7 Å². The second-order valence-electron chi connectivity index (χ2n) is 10.3. The van der Waals surface area contributed by atoms with Gasteiger partial charge in [0.1, 0.15) is 0 Å². The summed E-state index contributed by atoms with van der Waals surface area (Å²) in [4.78, 5) is 0. The van der Waals surface area contributed by atoms with E-state index in [9.17, 15) is 0 Å². The Labute approximate surface area is 182 Å². The summed E-state index contributed by atoms with van der Waals surface area (Å²) in [6, 6.07) is 2.94. The van der Waals surface area contributed by atoms with Gasteiger partial charge in [-0.1, -0.05) is 6.42 Å². The van der Waals surface area contributed by atoms with Gasteiger partial charge in [-0.2, -0.15) is 0 Å². The molecule has 2 fully saturated rings. The molecule has 0 aromatic rings. The third kappa shape index (κ3) is 8.24. The smallest absolute Gasteiger partial charge is 0.437 e. The molecule has 2 aliphatic rings. The van der Waals surface area contributed by atoms with Gasteiger partial charge in [0.05, 0.1) is 12.2 Å². The van der Waals surface area contributed by atoms with Gasteiger partial charge in [0.15, 0.2) is 16.6 Å². The first-order chi connectivity index (χ1) is 13.3. The van der Waals surface area contributed by atoms with E-state index in [-0.39, 0.29) is 0 Å². The van der Waals surface area contributed by atoms with Crippen molar-refractivity contribution in [3.63, 3.8) is 0 Å². The van der Waals surface area contributed by atoms with Gasteiger partial charge in [0.25, 0.3) is 0 Å². The van der Waals surface area contributed by atoms with Crippen molar-refractivity contribution in [1.29, 1.82) is 0 Å². The molecule has 3 atom stereocenters. The van der Waals surface area contributed by atoms with E-state index in [1.165, 1.54) is 31.7 Å². The zero-order valence-electron chi connectivity index (χ0n) is 20.1. The van der Waals surface area contributed by atoms with Crippen molar-refractivity contribution < 1.29 is 26.2 Å². The van der Waals surface area contributed by atoms with Gasteiger partial charge in [-0.3, -0.25) is 0 Å². The fourth-order valence-electron chi connectivity index (χ4n) is 4.76. The van der Waals surface area contributed by atoms with Gasteiger partial charge in [0, 0.05) is 27.4 Å². The zero-order valence-corrected chi connectivity index (χ0v) is 24.1. The molecule has 0 bridgehead atoms. The minimum absolute atomic E-state index is 0.572. The molecule has 0 spiro atoms. The maximum Gasteiger partial charge on any atom is 0.499 e. The molecular formula is C19H44O6Si4. The van der Waals surface area contributed by atoms with Gasteiger partial charge < -0.3 is 26.2 Å². The predicted octanol–water partition coefficient (Wildman–Crippen LogP) is 4.97. The van der Waals surface area contributed by atoms with Crippen LogP contribution >= 0.6 is 0 Å². The van der Waals surface area contributed by atoms with Gasteiger partial charge in [-0.25, -0.2) is 0 Å². The van der Waals surface area contributed by atoms with Gasteiger partial charge >= 0.3 is 17.4 Å². The number of fused-ring (bicyclic) bond motifs is 1. The minimum atomic E-state index is -2.56. The van der Waals surface area contributed by atoms with Crippen molar-refractivity contribution in [2.45, 2.75) is 95.3 Å². The number of epoxide rings is 1. The third-order valence-electron chi connectivity index (χ3n) is 6.28. The Morgan fingerprint density at radius 2 is 1.28 bits per heavy atom. The zero-order chi connectivity index (χ0) is 21.9. The fraction of sp³-hybridized carbons (Fsp3) is 1.00. The summed E-state index contributed by atoms with van der Waals surface area (Å²) >= 11 is 0. The van der Waals surface area contributed by atoms with E-state index in [2.05, 4.69) is 39.3 Å². The van der Waals surface area contributed by atoms with E-state index < -0.39 is 34.0 Å². The Hall–Kier alpha value is 0.628. The van der Waals surface area contributed by atoms with Crippen molar-refractivity contribution in [2.75, 3.05) is 21.3 Å². The lowest BCUT2D eigenvalue weighted by Gasteiger charge is -2.39. The fourth-order valence-corrected chi connectivity index (χ4v) is 22.6. The molecular weight excluding hydrogens is 437 g/mol. The van der Waals surface area contributed by atoms with Crippen molar-refractivity contribution in [2.24, 2.45) is 5.92 Å². The summed E-state index contributed by atoms with van der Waals surface area (Å²) in [5, 5.41) is 0. The molecule has 1 aliphatic carbocycles.